The summed E-state index contributed by atoms with van der Waals surface area (Å²) < 4.78 is 5.21. The third-order valence-electron chi connectivity index (χ3n) is 2.40. The van der Waals surface area contributed by atoms with Gasteiger partial charge in [0.1, 0.15) is 0 Å². The van der Waals surface area contributed by atoms with Gasteiger partial charge in [0.05, 0.1) is 7.11 Å². The van der Waals surface area contributed by atoms with Gasteiger partial charge in [-0.1, -0.05) is 17.7 Å². The molecule has 5 heteroatoms. The van der Waals surface area contributed by atoms with E-state index in [4.69, 9.17) is 22.1 Å². The van der Waals surface area contributed by atoms with Crippen LogP contribution in [-0.4, -0.2) is 12.1 Å². The molecule has 1 heterocycles. The van der Waals surface area contributed by atoms with Gasteiger partial charge in [0.25, 0.3) is 0 Å². The maximum atomic E-state index is 5.90. The van der Waals surface area contributed by atoms with Crippen molar-refractivity contribution in [1.82, 2.24) is 4.98 Å². The summed E-state index contributed by atoms with van der Waals surface area (Å²) in [7, 11) is 1.62. The minimum absolute atomic E-state index is 0.649. The normalized spacial score (nSPS) is 10.3. The first-order chi connectivity index (χ1) is 8.70. The van der Waals surface area contributed by atoms with Crippen LogP contribution in [0.4, 0.5) is 5.69 Å². The Kier molecular flexibility index (Phi) is 4.33. The van der Waals surface area contributed by atoms with Crippen molar-refractivity contribution in [2.75, 3.05) is 12.8 Å². The number of nitrogens with zero attached hydrogens (tertiary/aromatic N) is 1. The molecule has 0 aliphatic carbocycles. The van der Waals surface area contributed by atoms with Crippen LogP contribution in [0.5, 0.6) is 5.88 Å². The molecule has 0 spiro atoms. The average Bonchev–Trinajstić information content (AvgIpc) is 2.38. The number of rotatable bonds is 4. The fourth-order valence-corrected chi connectivity index (χ4v) is 2.63. The van der Waals surface area contributed by atoms with E-state index in [0.717, 1.165) is 16.2 Å². The Balaban J connectivity index is 2.11. The fourth-order valence-electron chi connectivity index (χ4n) is 1.52. The predicted molar refractivity (Wildman–Crippen MR) is 76.2 cm³/mol. The first kappa shape index (κ1) is 13.1. The number of pyridine rings is 1. The average molecular weight is 281 g/mol. The number of anilines is 1. The van der Waals surface area contributed by atoms with Crippen LogP contribution in [0, 0.1) is 0 Å². The zero-order chi connectivity index (χ0) is 13.0. The van der Waals surface area contributed by atoms with Crippen molar-refractivity contribution in [2.24, 2.45) is 0 Å². The smallest absolute Gasteiger partial charge is 0.217 e. The number of hydrogen-bond acceptors (Lipinski definition) is 4. The van der Waals surface area contributed by atoms with E-state index in [-0.39, 0.29) is 0 Å². The summed E-state index contributed by atoms with van der Waals surface area (Å²) in [5, 5.41) is 0.649. The predicted octanol–water partition coefficient (Wildman–Crippen LogP) is 3.62. The number of ether oxygens (including phenoxy) is 1. The summed E-state index contributed by atoms with van der Waals surface area (Å²) in [6.07, 6.45) is 1.71. The van der Waals surface area contributed by atoms with Crippen LogP contribution in [0.25, 0.3) is 0 Å². The van der Waals surface area contributed by atoms with Crippen molar-refractivity contribution in [3.8, 4) is 5.88 Å². The highest BCUT2D eigenvalue weighted by atomic mass is 35.5. The molecule has 18 heavy (non-hydrogen) atoms. The van der Waals surface area contributed by atoms with Crippen molar-refractivity contribution >= 4 is 29.1 Å². The molecule has 0 radical (unpaired) electrons. The van der Waals surface area contributed by atoms with Gasteiger partial charge in [0, 0.05) is 33.1 Å². The first-order valence-corrected chi connectivity index (χ1v) is 6.73. The van der Waals surface area contributed by atoms with Gasteiger partial charge in [-0.05, 0) is 24.3 Å². The van der Waals surface area contributed by atoms with Crippen LogP contribution in [0.2, 0.25) is 5.02 Å². The number of thioether (sulfide) groups is 1. The van der Waals surface area contributed by atoms with Crippen molar-refractivity contribution in [3.63, 3.8) is 0 Å². The number of halogens is 1. The van der Waals surface area contributed by atoms with E-state index in [1.807, 2.05) is 24.3 Å². The maximum Gasteiger partial charge on any atom is 0.217 e. The molecular formula is C13H13ClN2OS. The third-order valence-corrected chi connectivity index (χ3v) is 3.77. The highest BCUT2D eigenvalue weighted by Gasteiger charge is 2.06. The Labute approximate surface area is 115 Å². The van der Waals surface area contributed by atoms with E-state index in [1.165, 1.54) is 0 Å². The Hall–Kier alpha value is -1.39. The molecule has 2 rings (SSSR count). The molecule has 94 valence electrons. The molecule has 0 fully saturated rings. The Morgan fingerprint density at radius 3 is 2.94 bits per heavy atom. The number of hydrogen-bond donors (Lipinski definition) is 1. The molecule has 0 aliphatic heterocycles. The Morgan fingerprint density at radius 2 is 2.22 bits per heavy atom. The molecule has 0 saturated carbocycles. The highest BCUT2D eigenvalue weighted by molar-refractivity contribution is 7.98. The van der Waals surface area contributed by atoms with Gasteiger partial charge >= 0.3 is 0 Å². The standard InChI is InChI=1S/C13H13ClN2OS/c1-17-13-9(3-2-6-16-13)8-18-12-5-4-10(14)7-11(12)15/h2-7H,8,15H2,1H3. The molecule has 0 amide bonds. The number of methoxy groups -OCH3 is 1. The number of aromatic nitrogens is 1. The summed E-state index contributed by atoms with van der Waals surface area (Å²) in [4.78, 5) is 5.16. The largest absolute Gasteiger partial charge is 0.481 e. The third kappa shape index (κ3) is 3.09. The molecule has 2 N–H and O–H groups in total. The molecular weight excluding hydrogens is 268 g/mol. The summed E-state index contributed by atoms with van der Waals surface area (Å²) in [6.45, 7) is 0. The Bertz CT molecular complexity index is 548. The summed E-state index contributed by atoms with van der Waals surface area (Å²) >= 11 is 7.50. The van der Waals surface area contributed by atoms with Crippen LogP contribution in [-0.2, 0) is 5.75 Å². The molecule has 0 aliphatic rings. The van der Waals surface area contributed by atoms with Gasteiger partial charge in [-0.2, -0.15) is 0 Å². The van der Waals surface area contributed by atoms with Crippen LogP contribution in [0.15, 0.2) is 41.4 Å². The van der Waals surface area contributed by atoms with Crippen LogP contribution < -0.4 is 10.5 Å². The molecule has 0 unspecified atom stereocenters. The zero-order valence-electron chi connectivity index (χ0n) is 9.89. The first-order valence-electron chi connectivity index (χ1n) is 5.36. The molecule has 1 aromatic carbocycles. The second-order valence-corrected chi connectivity index (χ2v) is 5.10. The van der Waals surface area contributed by atoms with Gasteiger partial charge < -0.3 is 10.5 Å². The quantitative estimate of drug-likeness (QED) is 0.686. The van der Waals surface area contributed by atoms with Crippen molar-refractivity contribution in [3.05, 3.63) is 47.1 Å². The van der Waals surface area contributed by atoms with E-state index in [2.05, 4.69) is 4.98 Å². The van der Waals surface area contributed by atoms with Gasteiger partial charge in [-0.15, -0.1) is 11.8 Å². The van der Waals surface area contributed by atoms with Gasteiger partial charge in [-0.25, -0.2) is 4.98 Å². The van der Waals surface area contributed by atoms with Crippen LogP contribution in [0.3, 0.4) is 0 Å². The van der Waals surface area contributed by atoms with E-state index in [0.29, 0.717) is 16.6 Å². The second-order valence-electron chi connectivity index (χ2n) is 3.64. The lowest BCUT2D eigenvalue weighted by atomic mass is 10.3. The molecule has 0 atom stereocenters. The topological polar surface area (TPSA) is 48.1 Å². The molecule has 3 nitrogen and oxygen atoms in total. The lowest BCUT2D eigenvalue weighted by Crippen LogP contribution is -1.94. The van der Waals surface area contributed by atoms with Crippen molar-refractivity contribution < 1.29 is 4.74 Å². The summed E-state index contributed by atoms with van der Waals surface area (Å²) in [5.41, 5.74) is 7.64. The highest BCUT2D eigenvalue weighted by Crippen LogP contribution is 2.31. The summed E-state index contributed by atoms with van der Waals surface area (Å²) in [5.74, 6) is 1.40. The maximum absolute atomic E-state index is 5.90. The van der Waals surface area contributed by atoms with Gasteiger partial charge in [0.15, 0.2) is 0 Å². The Morgan fingerprint density at radius 1 is 1.39 bits per heavy atom. The SMILES string of the molecule is COc1ncccc1CSc1ccc(Cl)cc1N. The minimum Gasteiger partial charge on any atom is -0.481 e. The lowest BCUT2D eigenvalue weighted by molar-refractivity contribution is 0.394. The van der Waals surface area contributed by atoms with E-state index in [9.17, 15) is 0 Å². The molecule has 0 bridgehead atoms. The fraction of sp³-hybridized carbons (Fsp3) is 0.154. The number of nitrogen functional groups attached to an aromatic ring is 1. The number of benzene rings is 1. The molecule has 2 aromatic rings. The molecule has 1 aromatic heterocycles. The van der Waals surface area contributed by atoms with Gasteiger partial charge in [-0.3, -0.25) is 0 Å². The zero-order valence-corrected chi connectivity index (χ0v) is 11.5. The molecule has 0 saturated heterocycles. The number of nitrogens with two attached hydrogens (primary N) is 1. The van der Waals surface area contributed by atoms with Crippen molar-refractivity contribution in [2.45, 2.75) is 10.6 Å². The van der Waals surface area contributed by atoms with Gasteiger partial charge in [0.2, 0.25) is 5.88 Å². The van der Waals surface area contributed by atoms with E-state index >= 15 is 0 Å². The lowest BCUT2D eigenvalue weighted by Gasteiger charge is -2.08. The van der Waals surface area contributed by atoms with Crippen LogP contribution in [0.1, 0.15) is 5.56 Å². The van der Waals surface area contributed by atoms with Crippen LogP contribution >= 0.6 is 23.4 Å². The summed E-state index contributed by atoms with van der Waals surface area (Å²) in [6, 6.07) is 9.39. The second kappa shape index (κ2) is 5.98. The minimum atomic E-state index is 0.649. The van der Waals surface area contributed by atoms with E-state index < -0.39 is 0 Å². The monoisotopic (exact) mass is 280 g/mol. The van der Waals surface area contributed by atoms with E-state index in [1.54, 1.807) is 31.1 Å². The van der Waals surface area contributed by atoms with Crippen molar-refractivity contribution in [1.29, 1.82) is 0 Å².